The summed E-state index contributed by atoms with van der Waals surface area (Å²) in [6, 6.07) is 6.93. The van der Waals surface area contributed by atoms with Crippen molar-refractivity contribution in [3.63, 3.8) is 0 Å². The third kappa shape index (κ3) is 2.76. The molecule has 2 aromatic rings. The van der Waals surface area contributed by atoms with E-state index in [1.807, 2.05) is 12.1 Å². The van der Waals surface area contributed by atoms with Gasteiger partial charge in [-0.15, -0.1) is 0 Å². The van der Waals surface area contributed by atoms with Crippen molar-refractivity contribution >= 4 is 21.8 Å². The van der Waals surface area contributed by atoms with Crippen LogP contribution in [0.5, 0.6) is 0 Å². The van der Waals surface area contributed by atoms with Crippen molar-refractivity contribution < 1.29 is 18.0 Å². The predicted molar refractivity (Wildman–Crippen MR) is 83.4 cm³/mol. The zero-order valence-electron chi connectivity index (χ0n) is 12.2. The third-order valence-electron chi connectivity index (χ3n) is 4.22. The smallest absolute Gasteiger partial charge is 0.230 e. The van der Waals surface area contributed by atoms with Gasteiger partial charge in [-0.1, -0.05) is 22.0 Å². The molecule has 0 fully saturated rings. The molecular weight excluding hydrogens is 371 g/mol. The van der Waals surface area contributed by atoms with Crippen LogP contribution in [-0.2, 0) is 23.2 Å². The lowest BCUT2D eigenvalue weighted by atomic mass is 9.72. The summed E-state index contributed by atoms with van der Waals surface area (Å²) in [6.07, 6.45) is -0.136. The van der Waals surface area contributed by atoms with E-state index in [1.54, 1.807) is 13.0 Å². The molecule has 1 atom stereocenters. The number of nitrogens with one attached hydrogen (secondary N) is 1. The summed E-state index contributed by atoms with van der Waals surface area (Å²) in [5.41, 5.74) is 0.346. The van der Waals surface area contributed by atoms with Gasteiger partial charge in [-0.2, -0.15) is 0 Å². The van der Waals surface area contributed by atoms with Crippen LogP contribution in [0.15, 0.2) is 34.8 Å². The maximum absolute atomic E-state index is 14.0. The average molecular weight is 384 g/mol. The van der Waals surface area contributed by atoms with Crippen LogP contribution < -0.4 is 5.32 Å². The van der Waals surface area contributed by atoms with Crippen molar-refractivity contribution in [1.82, 2.24) is 5.32 Å². The Kier molecular flexibility index (Phi) is 3.96. The lowest BCUT2D eigenvalue weighted by molar-refractivity contribution is -0.127. The summed E-state index contributed by atoms with van der Waals surface area (Å²) in [6.45, 7) is 2.02. The minimum absolute atomic E-state index is 0.136. The van der Waals surface area contributed by atoms with Crippen LogP contribution in [0.2, 0.25) is 0 Å². The third-order valence-corrected chi connectivity index (χ3v) is 4.71. The molecule has 0 spiro atoms. The van der Waals surface area contributed by atoms with Crippen LogP contribution in [-0.4, -0.2) is 5.91 Å². The zero-order valence-corrected chi connectivity index (χ0v) is 13.8. The van der Waals surface area contributed by atoms with Crippen LogP contribution in [0.4, 0.5) is 13.2 Å². The van der Waals surface area contributed by atoms with E-state index in [9.17, 15) is 18.0 Å². The van der Waals surface area contributed by atoms with E-state index in [4.69, 9.17) is 0 Å². The lowest BCUT2D eigenvalue weighted by Gasteiger charge is -2.35. The van der Waals surface area contributed by atoms with Crippen molar-refractivity contribution in [2.75, 3.05) is 0 Å². The molecule has 23 heavy (non-hydrogen) atoms. The van der Waals surface area contributed by atoms with Gasteiger partial charge in [0.25, 0.3) is 0 Å². The summed E-state index contributed by atoms with van der Waals surface area (Å²) in [5, 5.41) is 2.75. The Morgan fingerprint density at radius 1 is 1.22 bits per heavy atom. The highest BCUT2D eigenvalue weighted by Gasteiger charge is 2.40. The molecule has 1 N–H and O–H groups in total. The van der Waals surface area contributed by atoms with Gasteiger partial charge in [0.1, 0.15) is 5.82 Å². The summed E-state index contributed by atoms with van der Waals surface area (Å²) in [7, 11) is 0. The van der Waals surface area contributed by atoms with Gasteiger partial charge >= 0.3 is 0 Å². The highest BCUT2D eigenvalue weighted by molar-refractivity contribution is 9.10. The Morgan fingerprint density at radius 2 is 1.96 bits per heavy atom. The number of benzene rings is 2. The van der Waals surface area contributed by atoms with Crippen LogP contribution in [0.1, 0.15) is 23.6 Å². The first-order valence-electron chi connectivity index (χ1n) is 7.02. The van der Waals surface area contributed by atoms with E-state index in [1.165, 1.54) is 0 Å². The van der Waals surface area contributed by atoms with Gasteiger partial charge in [0.2, 0.25) is 5.91 Å². The highest BCUT2D eigenvalue weighted by atomic mass is 79.9. The molecule has 0 saturated carbocycles. The summed E-state index contributed by atoms with van der Waals surface area (Å²) >= 11 is 3.36. The molecule has 0 unspecified atom stereocenters. The second-order valence-electron chi connectivity index (χ2n) is 5.85. The number of carbonyl (C=O) groups is 1. The van der Waals surface area contributed by atoms with Gasteiger partial charge in [0.05, 0.1) is 5.41 Å². The number of carbonyl (C=O) groups excluding carboxylic acids is 1. The zero-order chi connectivity index (χ0) is 16.8. The predicted octanol–water partition coefficient (Wildman–Crippen LogP) is 4.00. The number of hydrogen-bond acceptors (Lipinski definition) is 1. The monoisotopic (exact) mass is 383 g/mol. The normalized spacial score (nSPS) is 20.1. The van der Waals surface area contributed by atoms with Gasteiger partial charge in [0, 0.05) is 17.1 Å². The molecule has 6 heteroatoms. The largest absolute Gasteiger partial charge is 0.351 e. The molecule has 2 aromatic carbocycles. The fourth-order valence-corrected chi connectivity index (χ4v) is 3.36. The van der Waals surface area contributed by atoms with E-state index in [-0.39, 0.29) is 17.9 Å². The first-order valence-corrected chi connectivity index (χ1v) is 7.81. The number of rotatable bonds is 2. The average Bonchev–Trinajstić information content (AvgIpc) is 2.49. The molecule has 0 aliphatic carbocycles. The maximum atomic E-state index is 14.0. The topological polar surface area (TPSA) is 29.1 Å². The number of fused-ring (bicyclic) bond motifs is 1. The van der Waals surface area contributed by atoms with E-state index < -0.39 is 22.9 Å². The molecule has 120 valence electrons. The van der Waals surface area contributed by atoms with Crippen molar-refractivity contribution in [1.29, 1.82) is 0 Å². The summed E-state index contributed by atoms with van der Waals surface area (Å²) in [4.78, 5) is 12.4. The highest BCUT2D eigenvalue weighted by Crippen LogP contribution is 2.36. The van der Waals surface area contributed by atoms with Crippen molar-refractivity contribution in [2.45, 2.75) is 25.3 Å². The molecule has 0 saturated heterocycles. The van der Waals surface area contributed by atoms with Crippen LogP contribution >= 0.6 is 15.9 Å². The Hall–Kier alpha value is -1.82. The lowest BCUT2D eigenvalue weighted by Crippen LogP contribution is -2.48. The molecule has 1 aliphatic heterocycles. The Labute approximate surface area is 139 Å². The second-order valence-corrected chi connectivity index (χ2v) is 6.77. The van der Waals surface area contributed by atoms with E-state index in [0.717, 1.165) is 21.7 Å². The number of amides is 1. The van der Waals surface area contributed by atoms with E-state index in [0.29, 0.717) is 12.6 Å². The van der Waals surface area contributed by atoms with E-state index >= 15 is 0 Å². The van der Waals surface area contributed by atoms with Crippen molar-refractivity contribution in [3.05, 3.63) is 68.9 Å². The molecule has 3 rings (SSSR count). The summed E-state index contributed by atoms with van der Waals surface area (Å²) in [5.74, 6) is -3.54. The maximum Gasteiger partial charge on any atom is 0.230 e. The Morgan fingerprint density at radius 3 is 2.70 bits per heavy atom. The molecule has 0 bridgehead atoms. The Bertz CT molecular complexity index is 809. The molecule has 1 amide bonds. The fraction of sp³-hybridized carbons (Fsp3) is 0.235. The standard InChI is InChI=1S/C17H13BrF3NO/c1-17(7-10-4-12(19)6-14(20)15(10)21)13-5-11(18)3-2-9(13)8-22-16(17)23/h2-6H,7-8H2,1H3,(H,22,23)/t17-/m1/s1. The molecule has 0 radical (unpaired) electrons. The van der Waals surface area contributed by atoms with Crippen LogP contribution in [0.3, 0.4) is 0 Å². The van der Waals surface area contributed by atoms with Crippen LogP contribution in [0.25, 0.3) is 0 Å². The quantitative estimate of drug-likeness (QED) is 0.780. The van der Waals surface area contributed by atoms with Gasteiger partial charge < -0.3 is 5.32 Å². The van der Waals surface area contributed by atoms with Gasteiger partial charge in [-0.25, -0.2) is 13.2 Å². The van der Waals surface area contributed by atoms with E-state index in [2.05, 4.69) is 21.2 Å². The number of hydrogen-bond donors (Lipinski definition) is 1. The SMILES string of the molecule is C[C@]1(Cc2cc(F)cc(F)c2F)C(=O)NCc2ccc(Br)cc21. The number of halogens is 4. The second kappa shape index (κ2) is 5.67. The first-order chi connectivity index (χ1) is 10.8. The van der Waals surface area contributed by atoms with Gasteiger partial charge in [-0.3, -0.25) is 4.79 Å². The molecule has 2 nitrogen and oxygen atoms in total. The molecule has 0 aromatic heterocycles. The van der Waals surface area contributed by atoms with Gasteiger partial charge in [-0.05, 0) is 48.2 Å². The minimum Gasteiger partial charge on any atom is -0.351 e. The molecule has 1 heterocycles. The van der Waals surface area contributed by atoms with Crippen LogP contribution in [0, 0.1) is 17.5 Å². The fourth-order valence-electron chi connectivity index (χ4n) is 3.00. The van der Waals surface area contributed by atoms with Gasteiger partial charge in [0.15, 0.2) is 11.6 Å². The van der Waals surface area contributed by atoms with Crippen molar-refractivity contribution in [2.24, 2.45) is 0 Å². The Balaban J connectivity index is 2.12. The minimum atomic E-state index is -1.26. The first kappa shape index (κ1) is 16.1. The molecular formula is C17H13BrF3NO. The molecule has 1 aliphatic rings. The van der Waals surface area contributed by atoms with Crippen molar-refractivity contribution in [3.8, 4) is 0 Å². The summed E-state index contributed by atoms with van der Waals surface area (Å²) < 4.78 is 41.7.